The van der Waals surface area contributed by atoms with Crippen molar-refractivity contribution in [2.24, 2.45) is 0 Å². The second kappa shape index (κ2) is 8.58. The van der Waals surface area contributed by atoms with Gasteiger partial charge in [-0.1, -0.05) is 17.7 Å². The molecule has 0 aromatic carbocycles. The Bertz CT molecular complexity index is 612. The molecule has 1 aromatic rings. The van der Waals surface area contributed by atoms with Gasteiger partial charge in [0.05, 0.1) is 6.54 Å². The fraction of sp³-hybridized carbons (Fsp3) is 0.722. The number of carbonyl (C=O) groups excluding carboxylic acids is 1. The van der Waals surface area contributed by atoms with Gasteiger partial charge in [-0.3, -0.25) is 14.6 Å². The molecule has 138 valence electrons. The zero-order chi connectivity index (χ0) is 17.6. The average Bonchev–Trinajstić information content (AvgIpc) is 3.04. The molecule has 1 atom stereocenters. The zero-order valence-corrected chi connectivity index (χ0v) is 15.3. The maximum atomic E-state index is 12.2. The first-order chi connectivity index (χ1) is 12.1. The van der Waals surface area contributed by atoms with Crippen LogP contribution in [0.1, 0.15) is 44.3 Å². The molecule has 7 heteroatoms. The van der Waals surface area contributed by atoms with Gasteiger partial charge in [-0.05, 0) is 38.3 Å². The second-order valence-corrected chi connectivity index (χ2v) is 7.08. The Balaban J connectivity index is 1.37. The van der Waals surface area contributed by atoms with Crippen LogP contribution in [0.2, 0.25) is 0 Å². The first-order valence-electron chi connectivity index (χ1n) is 9.34. The predicted molar refractivity (Wildman–Crippen MR) is 96.0 cm³/mol. The fourth-order valence-electron chi connectivity index (χ4n) is 3.58. The van der Waals surface area contributed by atoms with Gasteiger partial charge < -0.3 is 9.84 Å². The molecule has 7 nitrogen and oxygen atoms in total. The molecule has 1 amide bonds. The number of hydrogen-bond donors (Lipinski definition) is 1. The minimum atomic E-state index is 0.108. The largest absolute Gasteiger partial charge is 0.354 e. The lowest BCUT2D eigenvalue weighted by Crippen LogP contribution is -2.44. The quantitative estimate of drug-likeness (QED) is 0.840. The van der Waals surface area contributed by atoms with Gasteiger partial charge in [0.15, 0.2) is 5.82 Å². The third-order valence-electron chi connectivity index (χ3n) is 5.14. The summed E-state index contributed by atoms with van der Waals surface area (Å²) in [5.74, 6) is 1.37. The normalized spacial score (nSPS) is 22.6. The zero-order valence-electron chi connectivity index (χ0n) is 15.3. The molecule has 2 aliphatic rings. The molecule has 0 radical (unpaired) electrons. The van der Waals surface area contributed by atoms with Crippen LogP contribution in [0.5, 0.6) is 0 Å². The number of likely N-dealkylation sites (tertiary alicyclic amines) is 1. The highest BCUT2D eigenvalue weighted by Gasteiger charge is 2.20. The number of carbonyl (C=O) groups is 1. The molecule has 1 N–H and O–H groups in total. The molecule has 25 heavy (non-hydrogen) atoms. The van der Waals surface area contributed by atoms with Gasteiger partial charge in [-0.25, -0.2) is 0 Å². The Labute approximate surface area is 149 Å². The van der Waals surface area contributed by atoms with Crippen molar-refractivity contribution in [2.75, 3.05) is 39.3 Å². The van der Waals surface area contributed by atoms with E-state index in [0.717, 1.165) is 44.7 Å². The maximum Gasteiger partial charge on any atom is 0.234 e. The summed E-state index contributed by atoms with van der Waals surface area (Å²) in [7, 11) is 0. The smallest absolute Gasteiger partial charge is 0.234 e. The SMILES string of the molecule is Cc1nc(C2=CCN(CC(=O)NCCN3CCCC[C@@H]3C)CC2)no1. The second-order valence-electron chi connectivity index (χ2n) is 7.08. The van der Waals surface area contributed by atoms with E-state index in [0.29, 0.717) is 24.3 Å². The van der Waals surface area contributed by atoms with Crippen molar-refractivity contribution in [2.45, 2.75) is 45.6 Å². The van der Waals surface area contributed by atoms with Crippen molar-refractivity contribution < 1.29 is 9.32 Å². The molecule has 2 aliphatic heterocycles. The van der Waals surface area contributed by atoms with E-state index in [1.54, 1.807) is 6.92 Å². The van der Waals surface area contributed by atoms with Crippen LogP contribution in [0.4, 0.5) is 0 Å². The molecule has 3 rings (SSSR count). The molecule has 0 saturated carbocycles. The number of piperidine rings is 1. The summed E-state index contributed by atoms with van der Waals surface area (Å²) < 4.78 is 5.03. The van der Waals surface area contributed by atoms with Crippen LogP contribution < -0.4 is 5.32 Å². The summed E-state index contributed by atoms with van der Waals surface area (Å²) in [4.78, 5) is 21.0. The molecule has 1 aromatic heterocycles. The molecule has 3 heterocycles. The Hall–Kier alpha value is -1.73. The van der Waals surface area contributed by atoms with Gasteiger partial charge >= 0.3 is 0 Å². The molecule has 0 spiro atoms. The van der Waals surface area contributed by atoms with Crippen LogP contribution in [0.25, 0.3) is 5.57 Å². The summed E-state index contributed by atoms with van der Waals surface area (Å²) in [6.07, 6.45) is 6.82. The monoisotopic (exact) mass is 347 g/mol. The van der Waals surface area contributed by atoms with E-state index in [9.17, 15) is 4.79 Å². The van der Waals surface area contributed by atoms with E-state index in [4.69, 9.17) is 4.52 Å². The maximum absolute atomic E-state index is 12.2. The number of nitrogens with zero attached hydrogens (tertiary/aromatic N) is 4. The lowest BCUT2D eigenvalue weighted by atomic mass is 10.0. The number of rotatable bonds is 6. The Kier molecular flexibility index (Phi) is 6.20. The van der Waals surface area contributed by atoms with Crippen molar-refractivity contribution in [1.82, 2.24) is 25.3 Å². The van der Waals surface area contributed by atoms with Crippen LogP contribution in [0.15, 0.2) is 10.6 Å². The van der Waals surface area contributed by atoms with Gasteiger partial charge in [0.1, 0.15) is 0 Å². The van der Waals surface area contributed by atoms with Crippen molar-refractivity contribution in [3.8, 4) is 0 Å². The molecule has 1 fully saturated rings. The highest BCUT2D eigenvalue weighted by Crippen LogP contribution is 2.19. The highest BCUT2D eigenvalue weighted by atomic mass is 16.5. The van der Waals surface area contributed by atoms with Gasteiger partial charge in [0.2, 0.25) is 11.8 Å². The van der Waals surface area contributed by atoms with E-state index in [-0.39, 0.29) is 5.91 Å². The summed E-state index contributed by atoms with van der Waals surface area (Å²) in [6.45, 7) is 8.96. The Morgan fingerprint density at radius 3 is 2.96 bits per heavy atom. The van der Waals surface area contributed by atoms with E-state index < -0.39 is 0 Å². The highest BCUT2D eigenvalue weighted by molar-refractivity contribution is 5.78. The molecule has 1 saturated heterocycles. The fourth-order valence-corrected chi connectivity index (χ4v) is 3.58. The summed E-state index contributed by atoms with van der Waals surface area (Å²) >= 11 is 0. The van der Waals surface area contributed by atoms with Gasteiger partial charge in [-0.15, -0.1) is 0 Å². The predicted octanol–water partition coefficient (Wildman–Crippen LogP) is 1.46. The van der Waals surface area contributed by atoms with Gasteiger partial charge in [0.25, 0.3) is 0 Å². The van der Waals surface area contributed by atoms with Crippen LogP contribution in [-0.4, -0.2) is 71.2 Å². The lowest BCUT2D eigenvalue weighted by Gasteiger charge is -2.33. The number of amides is 1. The van der Waals surface area contributed by atoms with Crippen molar-refractivity contribution in [3.63, 3.8) is 0 Å². The Morgan fingerprint density at radius 1 is 1.40 bits per heavy atom. The first-order valence-corrected chi connectivity index (χ1v) is 9.34. The van der Waals surface area contributed by atoms with Crippen molar-refractivity contribution in [1.29, 1.82) is 0 Å². The molecular weight excluding hydrogens is 318 g/mol. The average molecular weight is 347 g/mol. The van der Waals surface area contributed by atoms with E-state index in [2.05, 4.69) is 38.3 Å². The van der Waals surface area contributed by atoms with Crippen LogP contribution in [-0.2, 0) is 4.79 Å². The third-order valence-corrected chi connectivity index (χ3v) is 5.14. The molecular formula is C18H29N5O2. The number of aryl methyl sites for hydroxylation is 1. The van der Waals surface area contributed by atoms with E-state index in [1.165, 1.54) is 19.3 Å². The van der Waals surface area contributed by atoms with Gasteiger partial charge in [0, 0.05) is 39.1 Å². The number of hydrogen-bond acceptors (Lipinski definition) is 6. The van der Waals surface area contributed by atoms with Gasteiger partial charge in [-0.2, -0.15) is 4.98 Å². The summed E-state index contributed by atoms with van der Waals surface area (Å²) in [6, 6.07) is 0.644. The Morgan fingerprint density at radius 2 is 2.28 bits per heavy atom. The summed E-state index contributed by atoms with van der Waals surface area (Å²) in [5.41, 5.74) is 1.10. The van der Waals surface area contributed by atoms with E-state index >= 15 is 0 Å². The van der Waals surface area contributed by atoms with Crippen LogP contribution in [0, 0.1) is 6.92 Å². The topological polar surface area (TPSA) is 74.5 Å². The minimum absolute atomic E-state index is 0.108. The summed E-state index contributed by atoms with van der Waals surface area (Å²) in [5, 5.41) is 7.02. The van der Waals surface area contributed by atoms with Crippen molar-refractivity contribution >= 4 is 11.5 Å². The van der Waals surface area contributed by atoms with Crippen LogP contribution in [0.3, 0.4) is 0 Å². The standard InChI is InChI=1S/C18H29N5O2/c1-14-5-3-4-9-23(14)12-8-19-17(24)13-22-10-6-16(7-11-22)18-20-15(2)25-21-18/h6,14H,3-5,7-13H2,1-2H3,(H,19,24)/t14-/m0/s1. The lowest BCUT2D eigenvalue weighted by molar-refractivity contribution is -0.122. The molecule has 0 bridgehead atoms. The van der Waals surface area contributed by atoms with E-state index in [1.807, 2.05) is 0 Å². The number of aromatic nitrogens is 2. The minimum Gasteiger partial charge on any atom is -0.354 e. The molecule has 0 aliphatic carbocycles. The number of nitrogens with one attached hydrogen (secondary N) is 1. The third kappa shape index (κ3) is 5.12. The first kappa shape index (κ1) is 18.1. The van der Waals surface area contributed by atoms with Crippen molar-refractivity contribution in [3.05, 3.63) is 17.8 Å². The molecule has 0 unspecified atom stereocenters. The van der Waals surface area contributed by atoms with Crippen LogP contribution >= 0.6 is 0 Å².